The number of amides is 1. The largest absolute Gasteiger partial charge is 0.516 e. The third-order valence-electron chi connectivity index (χ3n) is 5.50. The second-order valence-corrected chi connectivity index (χ2v) is 9.54. The van der Waals surface area contributed by atoms with E-state index in [1.165, 1.54) is 18.2 Å². The van der Waals surface area contributed by atoms with Crippen molar-refractivity contribution < 1.29 is 40.6 Å². The fourth-order valence-electron chi connectivity index (χ4n) is 3.76. The molecule has 2 atom stereocenters. The SMILES string of the molecule is O=C(NS(=O)(=O)C(F)(F)F)c1ccc(F)cc1-c1ccc2c(c1)OCC(Cc1ccccn1)[C@H]2O. The average molecular weight is 510 g/mol. The quantitative estimate of drug-likeness (QED) is 0.507. The number of sulfonamides is 1. The summed E-state index contributed by atoms with van der Waals surface area (Å²) in [6, 6.07) is 12.3. The van der Waals surface area contributed by atoms with Gasteiger partial charge in [-0.2, -0.15) is 21.6 Å². The van der Waals surface area contributed by atoms with Crippen molar-refractivity contribution in [2.75, 3.05) is 6.61 Å². The highest BCUT2D eigenvalue weighted by atomic mass is 32.2. The number of benzene rings is 2. The molecule has 1 aromatic heterocycles. The Morgan fingerprint density at radius 2 is 1.91 bits per heavy atom. The molecule has 0 aliphatic carbocycles. The van der Waals surface area contributed by atoms with E-state index in [2.05, 4.69) is 4.98 Å². The molecule has 1 unspecified atom stereocenters. The third-order valence-corrected chi connectivity index (χ3v) is 6.56. The molecule has 1 amide bonds. The van der Waals surface area contributed by atoms with Gasteiger partial charge in [-0.1, -0.05) is 18.2 Å². The summed E-state index contributed by atoms with van der Waals surface area (Å²) >= 11 is 0. The summed E-state index contributed by atoms with van der Waals surface area (Å²) in [4.78, 5) is 16.6. The first kappa shape index (κ1) is 24.6. The number of halogens is 4. The molecule has 0 saturated heterocycles. The highest BCUT2D eigenvalue weighted by Crippen LogP contribution is 2.40. The van der Waals surface area contributed by atoms with Gasteiger partial charge >= 0.3 is 15.5 Å². The van der Waals surface area contributed by atoms with E-state index >= 15 is 0 Å². The van der Waals surface area contributed by atoms with Crippen LogP contribution >= 0.6 is 0 Å². The van der Waals surface area contributed by atoms with E-state index in [1.807, 2.05) is 12.1 Å². The summed E-state index contributed by atoms with van der Waals surface area (Å²) in [6.07, 6.45) is 1.17. The van der Waals surface area contributed by atoms with Crippen LogP contribution < -0.4 is 9.46 Å². The standard InChI is InChI=1S/C23H18F4N2O5S/c24-15-5-7-17(22(31)29-35(32,33)23(25,26)27)19(11-15)13-4-6-18-20(10-13)34-12-14(21(18)30)9-16-3-1-2-8-28-16/h1-8,10-11,14,21,30H,9,12H2,(H,29,31)/t14?,21-/m1/s1. The number of hydrogen-bond acceptors (Lipinski definition) is 6. The summed E-state index contributed by atoms with van der Waals surface area (Å²) in [7, 11) is -5.96. The Hall–Kier alpha value is -3.51. The number of pyridine rings is 1. The molecule has 2 aromatic carbocycles. The Kier molecular flexibility index (Phi) is 6.52. The zero-order valence-electron chi connectivity index (χ0n) is 17.8. The van der Waals surface area contributed by atoms with Gasteiger partial charge in [0.2, 0.25) is 0 Å². The topological polar surface area (TPSA) is 106 Å². The smallest absolute Gasteiger partial charge is 0.493 e. The highest BCUT2D eigenvalue weighted by molar-refractivity contribution is 7.90. The monoisotopic (exact) mass is 510 g/mol. The predicted molar refractivity (Wildman–Crippen MR) is 116 cm³/mol. The van der Waals surface area contributed by atoms with Gasteiger partial charge in [0.1, 0.15) is 11.6 Å². The summed E-state index contributed by atoms with van der Waals surface area (Å²) in [6.45, 7) is 0.133. The van der Waals surface area contributed by atoms with E-state index in [0.29, 0.717) is 12.0 Å². The fourth-order valence-corrected chi connectivity index (χ4v) is 4.23. The highest BCUT2D eigenvalue weighted by Gasteiger charge is 2.47. The Morgan fingerprint density at radius 3 is 2.60 bits per heavy atom. The van der Waals surface area contributed by atoms with E-state index in [1.54, 1.807) is 12.3 Å². The molecule has 1 aliphatic heterocycles. The van der Waals surface area contributed by atoms with Crippen LogP contribution in [0.3, 0.4) is 0 Å². The van der Waals surface area contributed by atoms with Gasteiger partial charge < -0.3 is 9.84 Å². The maximum absolute atomic E-state index is 14.0. The zero-order valence-corrected chi connectivity index (χ0v) is 18.6. The van der Waals surface area contributed by atoms with Gasteiger partial charge in [-0.3, -0.25) is 9.78 Å². The minimum Gasteiger partial charge on any atom is -0.493 e. The summed E-state index contributed by atoms with van der Waals surface area (Å²) < 4.78 is 81.5. The minimum absolute atomic E-state index is 0.133. The number of carbonyl (C=O) groups is 1. The van der Waals surface area contributed by atoms with Crippen LogP contribution in [0.15, 0.2) is 60.8 Å². The van der Waals surface area contributed by atoms with Crippen molar-refractivity contribution in [2.24, 2.45) is 5.92 Å². The van der Waals surface area contributed by atoms with Crippen molar-refractivity contribution in [3.63, 3.8) is 0 Å². The second-order valence-electron chi connectivity index (χ2n) is 7.86. The number of ether oxygens (including phenoxy) is 1. The van der Waals surface area contributed by atoms with Crippen molar-refractivity contribution in [1.29, 1.82) is 0 Å². The van der Waals surface area contributed by atoms with Gasteiger partial charge in [0, 0.05) is 28.9 Å². The molecule has 0 saturated carbocycles. The molecule has 35 heavy (non-hydrogen) atoms. The second kappa shape index (κ2) is 9.27. The molecule has 7 nitrogen and oxygen atoms in total. The maximum Gasteiger partial charge on any atom is 0.516 e. The number of hydrogen-bond donors (Lipinski definition) is 2. The van der Waals surface area contributed by atoms with Gasteiger partial charge in [0.15, 0.2) is 0 Å². The molecule has 12 heteroatoms. The molecular formula is C23H18F4N2O5S. The fraction of sp³-hybridized carbons (Fsp3) is 0.217. The number of aliphatic hydroxyl groups is 1. The van der Waals surface area contributed by atoms with Crippen molar-refractivity contribution >= 4 is 15.9 Å². The van der Waals surface area contributed by atoms with Crippen molar-refractivity contribution in [2.45, 2.75) is 18.0 Å². The van der Waals surface area contributed by atoms with Gasteiger partial charge in [-0.15, -0.1) is 0 Å². The molecule has 2 heterocycles. The number of rotatable bonds is 5. The molecule has 1 aliphatic rings. The van der Waals surface area contributed by atoms with Crippen LogP contribution in [0.4, 0.5) is 17.6 Å². The molecule has 184 valence electrons. The summed E-state index contributed by atoms with van der Waals surface area (Å²) in [5.41, 5.74) is -4.98. The Morgan fingerprint density at radius 1 is 1.14 bits per heavy atom. The maximum atomic E-state index is 14.0. The van der Waals surface area contributed by atoms with Crippen LogP contribution in [0.1, 0.15) is 27.7 Å². The number of nitrogens with zero attached hydrogens (tertiary/aromatic N) is 1. The van der Waals surface area contributed by atoms with Gasteiger partial charge in [0.05, 0.1) is 12.7 Å². The lowest BCUT2D eigenvalue weighted by Crippen LogP contribution is -2.40. The predicted octanol–water partition coefficient (Wildman–Crippen LogP) is 3.75. The van der Waals surface area contributed by atoms with Crippen LogP contribution in [0, 0.1) is 11.7 Å². The van der Waals surface area contributed by atoms with Crippen LogP contribution in [-0.4, -0.2) is 36.5 Å². The van der Waals surface area contributed by atoms with Crippen LogP contribution in [0.5, 0.6) is 5.75 Å². The van der Waals surface area contributed by atoms with Crippen molar-refractivity contribution in [1.82, 2.24) is 9.71 Å². The molecule has 4 rings (SSSR count). The third kappa shape index (κ3) is 5.13. The number of aromatic nitrogens is 1. The van der Waals surface area contributed by atoms with E-state index < -0.39 is 38.9 Å². The number of fused-ring (bicyclic) bond motifs is 1. The number of aliphatic hydroxyl groups excluding tert-OH is 1. The minimum atomic E-state index is -5.96. The Balaban J connectivity index is 1.64. The molecule has 2 N–H and O–H groups in total. The number of nitrogens with one attached hydrogen (secondary N) is 1. The lowest BCUT2D eigenvalue weighted by atomic mass is 9.88. The van der Waals surface area contributed by atoms with E-state index in [9.17, 15) is 35.9 Å². The molecule has 0 spiro atoms. The number of alkyl halides is 3. The van der Waals surface area contributed by atoms with E-state index in [-0.39, 0.29) is 29.4 Å². The van der Waals surface area contributed by atoms with Crippen molar-refractivity contribution in [3.8, 4) is 16.9 Å². The van der Waals surface area contributed by atoms with Gasteiger partial charge in [-0.05, 0) is 53.9 Å². The average Bonchev–Trinajstić information content (AvgIpc) is 2.80. The lowest BCUT2D eigenvalue weighted by molar-refractivity contribution is -0.0446. The van der Waals surface area contributed by atoms with E-state index in [4.69, 9.17) is 4.74 Å². The first-order valence-electron chi connectivity index (χ1n) is 10.2. The number of carbonyl (C=O) groups excluding carboxylic acids is 1. The Labute approximate surface area is 197 Å². The van der Waals surface area contributed by atoms with Gasteiger partial charge in [-0.25, -0.2) is 9.11 Å². The van der Waals surface area contributed by atoms with Crippen LogP contribution in [0.2, 0.25) is 0 Å². The molecule has 0 radical (unpaired) electrons. The normalized spacial score (nSPS) is 17.9. The van der Waals surface area contributed by atoms with E-state index in [0.717, 1.165) is 28.6 Å². The Bertz CT molecular complexity index is 1360. The molecule has 0 fully saturated rings. The van der Waals surface area contributed by atoms with Crippen LogP contribution in [0.25, 0.3) is 11.1 Å². The molecular weight excluding hydrogens is 492 g/mol. The first-order valence-corrected chi connectivity index (χ1v) is 11.7. The zero-order chi connectivity index (χ0) is 25.4. The molecule has 3 aromatic rings. The first-order chi connectivity index (χ1) is 16.5. The molecule has 0 bridgehead atoms. The van der Waals surface area contributed by atoms with Gasteiger partial charge in [0.25, 0.3) is 5.91 Å². The lowest BCUT2D eigenvalue weighted by Gasteiger charge is -2.30. The summed E-state index contributed by atoms with van der Waals surface area (Å²) in [5.74, 6) is -2.44. The van der Waals surface area contributed by atoms with Crippen LogP contribution in [-0.2, 0) is 16.4 Å². The van der Waals surface area contributed by atoms with Crippen molar-refractivity contribution in [3.05, 3.63) is 83.4 Å². The summed E-state index contributed by atoms with van der Waals surface area (Å²) in [5, 5.41) is 10.8.